The molecule has 0 aromatic carbocycles. The summed E-state index contributed by atoms with van der Waals surface area (Å²) in [5.74, 6) is -1.19. The van der Waals surface area contributed by atoms with Gasteiger partial charge in [-0.25, -0.2) is 0 Å². The molecule has 1 fully saturated rings. The van der Waals surface area contributed by atoms with Gasteiger partial charge in [-0.3, -0.25) is 19.2 Å². The number of nitrogens with zero attached hydrogens (tertiary/aromatic N) is 1. The van der Waals surface area contributed by atoms with Crippen LogP contribution >= 0.6 is 0 Å². The van der Waals surface area contributed by atoms with Crippen LogP contribution in [0, 0.1) is 0 Å². The summed E-state index contributed by atoms with van der Waals surface area (Å²) in [5, 5.41) is 5.22. The zero-order chi connectivity index (χ0) is 18.1. The second-order valence-corrected chi connectivity index (χ2v) is 6.05. The molecule has 0 saturated carbocycles. The van der Waals surface area contributed by atoms with Crippen molar-refractivity contribution in [2.24, 2.45) is 5.73 Å². The Kier molecular flexibility index (Phi) is 8.21. The largest absolute Gasteiger partial charge is 0.370 e. The lowest BCUT2D eigenvalue weighted by Gasteiger charge is -2.30. The molecule has 2 atom stereocenters. The summed E-state index contributed by atoms with van der Waals surface area (Å²) in [4.78, 5) is 48.8. The summed E-state index contributed by atoms with van der Waals surface area (Å²) in [7, 11) is 0. The Labute approximate surface area is 142 Å². The molecule has 0 spiro atoms. The number of piperazine rings is 1. The third-order valence-corrected chi connectivity index (χ3v) is 3.93. The van der Waals surface area contributed by atoms with Crippen LogP contribution in [0.5, 0.6) is 0 Å². The maximum Gasteiger partial charge on any atom is 0.243 e. The second-order valence-electron chi connectivity index (χ2n) is 6.05. The normalized spacial score (nSPS) is 20.2. The molecule has 0 aliphatic carbocycles. The molecule has 1 rings (SSSR count). The third kappa shape index (κ3) is 6.17. The number of amides is 4. The van der Waals surface area contributed by atoms with E-state index in [9.17, 15) is 19.2 Å². The molecule has 0 aromatic heterocycles. The molecule has 1 saturated heterocycles. The molecule has 0 radical (unpaired) electrons. The van der Waals surface area contributed by atoms with Crippen molar-refractivity contribution < 1.29 is 19.2 Å². The Morgan fingerprint density at radius 2 is 1.42 bits per heavy atom. The minimum absolute atomic E-state index is 0.00315. The lowest BCUT2D eigenvalue weighted by molar-refractivity contribution is -0.138. The Balaban J connectivity index is 2.49. The molecular weight excluding hydrogens is 312 g/mol. The molecule has 24 heavy (non-hydrogen) atoms. The van der Waals surface area contributed by atoms with Gasteiger partial charge in [-0.05, 0) is 25.7 Å². The number of carbonyl (C=O) groups excluding carboxylic acids is 4. The van der Waals surface area contributed by atoms with Gasteiger partial charge < -0.3 is 21.3 Å². The summed E-state index contributed by atoms with van der Waals surface area (Å²) < 4.78 is 0. The van der Waals surface area contributed by atoms with Gasteiger partial charge in [-0.1, -0.05) is 13.8 Å². The van der Waals surface area contributed by atoms with E-state index in [1.165, 1.54) is 0 Å². The van der Waals surface area contributed by atoms with Crippen molar-refractivity contribution in [3.8, 4) is 0 Å². The molecule has 4 N–H and O–H groups in total. The molecule has 136 valence electrons. The minimum atomic E-state index is -0.742. The molecule has 1 aliphatic heterocycles. The summed E-state index contributed by atoms with van der Waals surface area (Å²) in [6.07, 6.45) is 2.46. The van der Waals surface area contributed by atoms with Crippen molar-refractivity contribution in [2.75, 3.05) is 13.1 Å². The van der Waals surface area contributed by atoms with Gasteiger partial charge >= 0.3 is 0 Å². The molecular formula is C16H28N4O4. The Morgan fingerprint density at radius 3 is 1.83 bits per heavy atom. The van der Waals surface area contributed by atoms with Crippen molar-refractivity contribution in [1.29, 1.82) is 0 Å². The predicted molar refractivity (Wildman–Crippen MR) is 88.7 cm³/mol. The summed E-state index contributed by atoms with van der Waals surface area (Å²) >= 11 is 0. The smallest absolute Gasteiger partial charge is 0.243 e. The zero-order valence-corrected chi connectivity index (χ0v) is 14.5. The van der Waals surface area contributed by atoms with Crippen molar-refractivity contribution in [3.63, 3.8) is 0 Å². The van der Waals surface area contributed by atoms with E-state index in [0.29, 0.717) is 13.1 Å². The molecule has 8 nitrogen and oxygen atoms in total. The Hall–Kier alpha value is -2.12. The number of rotatable bonds is 10. The molecule has 0 aromatic rings. The van der Waals surface area contributed by atoms with Crippen molar-refractivity contribution in [1.82, 2.24) is 15.5 Å². The second kappa shape index (κ2) is 9.89. The summed E-state index contributed by atoms with van der Waals surface area (Å²) in [6.45, 7) is 5.42. The average Bonchev–Trinajstić information content (AvgIpc) is 2.53. The van der Waals surface area contributed by atoms with E-state index in [1.54, 1.807) is 4.90 Å². The van der Waals surface area contributed by atoms with Crippen LogP contribution in [-0.4, -0.2) is 53.7 Å². The maximum atomic E-state index is 12.2. The molecule has 8 heteroatoms. The van der Waals surface area contributed by atoms with Gasteiger partial charge in [-0.2, -0.15) is 0 Å². The predicted octanol–water partition coefficient (Wildman–Crippen LogP) is -0.336. The monoisotopic (exact) mass is 340 g/mol. The number of carbonyl (C=O) groups is 4. The highest BCUT2D eigenvalue weighted by molar-refractivity contribution is 5.97. The number of primary amides is 1. The number of nitrogens with two attached hydrogens (primary N) is 1. The van der Waals surface area contributed by atoms with Crippen molar-refractivity contribution >= 4 is 23.6 Å². The highest BCUT2D eigenvalue weighted by atomic mass is 16.2. The van der Waals surface area contributed by atoms with Crippen LogP contribution in [0.4, 0.5) is 0 Å². The fourth-order valence-corrected chi connectivity index (χ4v) is 2.70. The number of hydrogen-bond donors (Lipinski definition) is 3. The lowest BCUT2D eigenvalue weighted by atomic mass is 10.0. The van der Waals surface area contributed by atoms with Crippen LogP contribution in [0.3, 0.4) is 0 Å². The molecule has 1 aliphatic rings. The minimum Gasteiger partial charge on any atom is -0.370 e. The summed E-state index contributed by atoms with van der Waals surface area (Å²) in [5.41, 5.74) is 5.05. The zero-order valence-electron chi connectivity index (χ0n) is 14.5. The lowest BCUT2D eigenvalue weighted by Crippen LogP contribution is -2.61. The maximum absolute atomic E-state index is 12.2. The molecule has 4 amide bonds. The first-order valence-electron chi connectivity index (χ1n) is 8.55. The van der Waals surface area contributed by atoms with Crippen molar-refractivity contribution in [2.45, 2.75) is 64.5 Å². The highest BCUT2D eigenvalue weighted by Gasteiger charge is 2.33. The topological polar surface area (TPSA) is 122 Å². The van der Waals surface area contributed by atoms with Gasteiger partial charge in [0, 0.05) is 25.9 Å². The van der Waals surface area contributed by atoms with Gasteiger partial charge in [0.05, 0.1) is 0 Å². The standard InChI is InChI=1S/C16H28N4O4/c1-3-9-20(10-4-2)14(22)8-6-12-16(24)18-11(15(23)19-12)5-7-13(17)21/h11-12H,3-10H2,1-2H3,(H2,17,21)(H,18,24)(H,19,23). The molecule has 0 bridgehead atoms. The van der Waals surface area contributed by atoms with E-state index in [4.69, 9.17) is 5.73 Å². The van der Waals surface area contributed by atoms with E-state index >= 15 is 0 Å². The van der Waals surface area contributed by atoms with Crippen LogP contribution in [0.1, 0.15) is 52.4 Å². The van der Waals surface area contributed by atoms with E-state index in [-0.39, 0.29) is 43.4 Å². The fourth-order valence-electron chi connectivity index (χ4n) is 2.70. The number of nitrogens with one attached hydrogen (secondary N) is 2. The van der Waals surface area contributed by atoms with Gasteiger partial charge in [0.25, 0.3) is 0 Å². The van der Waals surface area contributed by atoms with Gasteiger partial charge in [0.15, 0.2) is 0 Å². The van der Waals surface area contributed by atoms with Gasteiger partial charge in [0.1, 0.15) is 12.1 Å². The molecule has 2 unspecified atom stereocenters. The Bertz CT molecular complexity index is 475. The van der Waals surface area contributed by atoms with Crippen LogP contribution in [0.2, 0.25) is 0 Å². The van der Waals surface area contributed by atoms with Crippen molar-refractivity contribution in [3.05, 3.63) is 0 Å². The molecule has 1 heterocycles. The third-order valence-electron chi connectivity index (χ3n) is 3.93. The first kappa shape index (κ1) is 19.9. The van der Waals surface area contributed by atoms with Gasteiger partial charge in [-0.15, -0.1) is 0 Å². The quantitative estimate of drug-likeness (QED) is 0.504. The van der Waals surface area contributed by atoms with Crippen LogP contribution in [0.15, 0.2) is 0 Å². The Morgan fingerprint density at radius 1 is 0.958 bits per heavy atom. The van der Waals surface area contributed by atoms with E-state index < -0.39 is 18.0 Å². The first-order valence-corrected chi connectivity index (χ1v) is 8.55. The SMILES string of the molecule is CCCN(CCC)C(=O)CCC1NC(=O)C(CCC(N)=O)NC1=O. The fraction of sp³-hybridized carbons (Fsp3) is 0.750. The first-order chi connectivity index (χ1) is 11.4. The van der Waals surface area contributed by atoms with Crippen LogP contribution < -0.4 is 16.4 Å². The van der Waals surface area contributed by atoms with E-state index in [1.807, 2.05) is 13.8 Å². The van der Waals surface area contributed by atoms with Crippen LogP contribution in [0.25, 0.3) is 0 Å². The van der Waals surface area contributed by atoms with E-state index in [0.717, 1.165) is 12.8 Å². The average molecular weight is 340 g/mol. The van der Waals surface area contributed by atoms with Gasteiger partial charge in [0.2, 0.25) is 23.6 Å². The highest BCUT2D eigenvalue weighted by Crippen LogP contribution is 2.10. The van der Waals surface area contributed by atoms with Crippen LogP contribution in [-0.2, 0) is 19.2 Å². The number of hydrogen-bond acceptors (Lipinski definition) is 4. The van der Waals surface area contributed by atoms with E-state index in [2.05, 4.69) is 10.6 Å². The summed E-state index contributed by atoms with van der Waals surface area (Å²) in [6, 6.07) is -1.45.